The van der Waals surface area contributed by atoms with Crippen LogP contribution in [0.2, 0.25) is 0 Å². The minimum Gasteiger partial charge on any atom is -0.504 e. The molecule has 0 saturated carbocycles. The quantitative estimate of drug-likeness (QED) is 0.751. The number of hydrogen-bond donors (Lipinski definition) is 3. The van der Waals surface area contributed by atoms with Crippen LogP contribution in [-0.4, -0.2) is 47.3 Å². The van der Waals surface area contributed by atoms with Crippen LogP contribution >= 0.6 is 0 Å². The second-order valence-corrected chi connectivity index (χ2v) is 4.61. The zero-order valence-corrected chi connectivity index (χ0v) is 11.0. The number of rotatable bonds is 4. The monoisotopic (exact) mass is 280 g/mol. The van der Waals surface area contributed by atoms with Gasteiger partial charge in [-0.2, -0.15) is 0 Å². The summed E-state index contributed by atoms with van der Waals surface area (Å²) in [6, 6.07) is 4.82. The van der Waals surface area contributed by atoms with Crippen molar-refractivity contribution in [3.63, 3.8) is 0 Å². The van der Waals surface area contributed by atoms with Crippen molar-refractivity contribution in [1.29, 1.82) is 0 Å². The number of nitrogens with zero attached hydrogens (tertiary/aromatic N) is 1. The van der Waals surface area contributed by atoms with Crippen LogP contribution in [0.5, 0.6) is 11.5 Å². The van der Waals surface area contributed by atoms with Crippen molar-refractivity contribution in [2.24, 2.45) is 5.92 Å². The first-order valence-corrected chi connectivity index (χ1v) is 6.12. The number of likely N-dealkylation sites (tertiary alicyclic amines) is 1. The van der Waals surface area contributed by atoms with Crippen LogP contribution in [0.1, 0.15) is 5.56 Å². The second kappa shape index (κ2) is 5.68. The van der Waals surface area contributed by atoms with Crippen molar-refractivity contribution in [3.8, 4) is 11.5 Å². The molecular formula is C13H16N2O5. The number of hydrogen-bond acceptors (Lipinski definition) is 4. The van der Waals surface area contributed by atoms with Crippen molar-refractivity contribution >= 4 is 12.0 Å². The van der Waals surface area contributed by atoms with Crippen LogP contribution in [0.25, 0.3) is 0 Å². The summed E-state index contributed by atoms with van der Waals surface area (Å²) >= 11 is 0. The molecule has 0 aliphatic carbocycles. The molecule has 0 aromatic heterocycles. The highest BCUT2D eigenvalue weighted by Crippen LogP contribution is 2.26. The van der Waals surface area contributed by atoms with Crippen LogP contribution in [-0.2, 0) is 11.3 Å². The smallest absolute Gasteiger partial charge is 0.407 e. The van der Waals surface area contributed by atoms with E-state index in [-0.39, 0.29) is 30.7 Å². The summed E-state index contributed by atoms with van der Waals surface area (Å²) in [6.07, 6.45) is -1.00. The lowest BCUT2D eigenvalue weighted by Gasteiger charge is -2.35. The Bertz CT molecular complexity index is 525. The summed E-state index contributed by atoms with van der Waals surface area (Å²) in [5.41, 5.74) is 0.794. The molecule has 1 saturated heterocycles. The number of phenols is 1. The molecule has 1 aromatic rings. The number of benzene rings is 1. The fourth-order valence-corrected chi connectivity index (χ4v) is 1.97. The third kappa shape index (κ3) is 2.93. The van der Waals surface area contributed by atoms with Gasteiger partial charge in [0.1, 0.15) is 0 Å². The zero-order valence-electron chi connectivity index (χ0n) is 11.0. The molecule has 0 bridgehead atoms. The molecular weight excluding hydrogens is 264 g/mol. The predicted molar refractivity (Wildman–Crippen MR) is 69.6 cm³/mol. The van der Waals surface area contributed by atoms with Gasteiger partial charge in [-0.25, -0.2) is 4.79 Å². The number of phenolic OH excluding ortho intramolecular Hbond substituents is 1. The molecule has 3 N–H and O–H groups in total. The summed E-state index contributed by atoms with van der Waals surface area (Å²) in [6.45, 7) is 0.777. The van der Waals surface area contributed by atoms with Gasteiger partial charge in [0.25, 0.3) is 0 Å². The molecule has 0 atom stereocenters. The Morgan fingerprint density at radius 2 is 2.15 bits per heavy atom. The second-order valence-electron chi connectivity index (χ2n) is 4.61. The summed E-state index contributed by atoms with van der Waals surface area (Å²) in [4.78, 5) is 23.6. The van der Waals surface area contributed by atoms with Gasteiger partial charge < -0.3 is 25.2 Å². The molecule has 7 heteroatoms. The van der Waals surface area contributed by atoms with Crippen LogP contribution in [0, 0.1) is 5.92 Å². The van der Waals surface area contributed by atoms with E-state index in [4.69, 9.17) is 9.84 Å². The molecule has 2 rings (SSSR count). The van der Waals surface area contributed by atoms with Crippen molar-refractivity contribution in [2.75, 3.05) is 20.2 Å². The number of carbonyl (C=O) groups is 2. The van der Waals surface area contributed by atoms with Gasteiger partial charge in [0.2, 0.25) is 5.91 Å². The number of nitrogens with one attached hydrogen (secondary N) is 1. The lowest BCUT2D eigenvalue weighted by Crippen LogP contribution is -2.55. The minimum absolute atomic E-state index is 0.0404. The Hall–Kier alpha value is -2.44. The Labute approximate surface area is 115 Å². The van der Waals surface area contributed by atoms with E-state index in [9.17, 15) is 14.7 Å². The van der Waals surface area contributed by atoms with Gasteiger partial charge >= 0.3 is 6.09 Å². The number of methoxy groups -OCH3 is 1. The predicted octanol–water partition coefficient (Wildman–Crippen LogP) is 0.627. The first-order chi connectivity index (χ1) is 9.51. The van der Waals surface area contributed by atoms with Crippen LogP contribution in [0.3, 0.4) is 0 Å². The lowest BCUT2D eigenvalue weighted by molar-refractivity contribution is -0.129. The van der Waals surface area contributed by atoms with Gasteiger partial charge in [0.15, 0.2) is 11.5 Å². The van der Waals surface area contributed by atoms with Gasteiger partial charge in [0.05, 0.1) is 13.0 Å². The molecule has 0 radical (unpaired) electrons. The highest BCUT2D eigenvalue weighted by atomic mass is 16.5. The number of carbonyl (C=O) groups excluding carboxylic acids is 1. The Balaban J connectivity index is 1.84. The zero-order chi connectivity index (χ0) is 14.7. The summed E-state index contributed by atoms with van der Waals surface area (Å²) in [5.74, 6) is -0.0734. The van der Waals surface area contributed by atoms with Gasteiger partial charge in [-0.1, -0.05) is 6.07 Å². The van der Waals surface area contributed by atoms with Gasteiger partial charge in [-0.3, -0.25) is 4.79 Å². The maximum Gasteiger partial charge on any atom is 0.407 e. The first-order valence-electron chi connectivity index (χ1n) is 6.12. The molecule has 1 fully saturated rings. The van der Waals surface area contributed by atoms with Crippen LogP contribution in [0.15, 0.2) is 18.2 Å². The highest BCUT2D eigenvalue weighted by molar-refractivity contribution is 5.82. The van der Waals surface area contributed by atoms with Crippen LogP contribution in [0.4, 0.5) is 4.79 Å². The summed E-state index contributed by atoms with van der Waals surface area (Å²) < 4.78 is 4.98. The number of aromatic hydroxyl groups is 1. The summed E-state index contributed by atoms with van der Waals surface area (Å²) in [5, 5.41) is 20.9. The minimum atomic E-state index is -1.00. The number of carboxylic acid groups (broad SMARTS) is 1. The lowest BCUT2D eigenvalue weighted by atomic mass is 10.00. The van der Waals surface area contributed by atoms with Crippen molar-refractivity contribution in [2.45, 2.75) is 6.54 Å². The average molecular weight is 280 g/mol. The van der Waals surface area contributed by atoms with E-state index >= 15 is 0 Å². The van der Waals surface area contributed by atoms with E-state index in [1.165, 1.54) is 18.1 Å². The number of ether oxygens (including phenoxy) is 1. The average Bonchev–Trinajstić information content (AvgIpc) is 2.35. The first kappa shape index (κ1) is 14.0. The largest absolute Gasteiger partial charge is 0.504 e. The fraction of sp³-hybridized carbons (Fsp3) is 0.385. The third-order valence-corrected chi connectivity index (χ3v) is 3.23. The molecule has 1 heterocycles. The number of amides is 2. The van der Waals surface area contributed by atoms with Gasteiger partial charge in [0, 0.05) is 19.6 Å². The van der Waals surface area contributed by atoms with Crippen molar-refractivity contribution in [1.82, 2.24) is 10.2 Å². The molecule has 2 amide bonds. The van der Waals surface area contributed by atoms with E-state index in [2.05, 4.69) is 5.32 Å². The van der Waals surface area contributed by atoms with Crippen LogP contribution < -0.4 is 10.1 Å². The molecule has 1 aliphatic rings. The highest BCUT2D eigenvalue weighted by Gasteiger charge is 2.35. The molecule has 20 heavy (non-hydrogen) atoms. The standard InChI is InChI=1S/C13H16N2O5/c1-20-11-4-8(2-3-10(11)16)5-14-12(17)9-6-15(7-9)13(18)19/h2-4,9,16H,5-7H2,1H3,(H,14,17)(H,18,19). The normalized spacial score (nSPS) is 14.6. The molecule has 0 spiro atoms. The SMILES string of the molecule is COc1cc(CNC(=O)C2CN(C(=O)O)C2)ccc1O. The Kier molecular flexibility index (Phi) is 3.97. The third-order valence-electron chi connectivity index (χ3n) is 3.23. The molecule has 7 nitrogen and oxygen atoms in total. The van der Waals surface area contributed by atoms with E-state index in [0.717, 1.165) is 5.56 Å². The topological polar surface area (TPSA) is 99.1 Å². The maximum absolute atomic E-state index is 11.8. The Morgan fingerprint density at radius 3 is 2.75 bits per heavy atom. The van der Waals surface area contributed by atoms with Gasteiger partial charge in [-0.05, 0) is 17.7 Å². The Morgan fingerprint density at radius 1 is 1.45 bits per heavy atom. The molecule has 108 valence electrons. The van der Waals surface area contributed by atoms with E-state index in [1.807, 2.05) is 0 Å². The molecule has 1 aromatic carbocycles. The van der Waals surface area contributed by atoms with Gasteiger partial charge in [-0.15, -0.1) is 0 Å². The van der Waals surface area contributed by atoms with E-state index < -0.39 is 6.09 Å². The molecule has 1 aliphatic heterocycles. The van der Waals surface area contributed by atoms with E-state index in [0.29, 0.717) is 12.3 Å². The maximum atomic E-state index is 11.8. The summed E-state index contributed by atoms with van der Waals surface area (Å²) in [7, 11) is 1.45. The van der Waals surface area contributed by atoms with Crippen molar-refractivity contribution < 1.29 is 24.5 Å². The fourth-order valence-electron chi connectivity index (χ4n) is 1.97. The van der Waals surface area contributed by atoms with E-state index in [1.54, 1.807) is 12.1 Å². The van der Waals surface area contributed by atoms with Crippen molar-refractivity contribution in [3.05, 3.63) is 23.8 Å². The molecule has 0 unspecified atom stereocenters.